The van der Waals surface area contributed by atoms with Gasteiger partial charge in [0.25, 0.3) is 5.91 Å². The Morgan fingerprint density at radius 3 is 2.72 bits per heavy atom. The molecule has 0 bridgehead atoms. The zero-order valence-electron chi connectivity index (χ0n) is 14.9. The van der Waals surface area contributed by atoms with Gasteiger partial charge < -0.3 is 9.80 Å². The Hall–Kier alpha value is -2.21. The van der Waals surface area contributed by atoms with Gasteiger partial charge in [-0.3, -0.25) is 4.79 Å². The quantitative estimate of drug-likeness (QED) is 0.857. The minimum Gasteiger partial charge on any atom is -0.335 e. The van der Waals surface area contributed by atoms with Crippen molar-refractivity contribution in [3.8, 4) is 0 Å². The molecule has 25 heavy (non-hydrogen) atoms. The molecular formula is C19H25N5O. The van der Waals surface area contributed by atoms with E-state index in [1.54, 1.807) is 6.20 Å². The first-order valence-electron chi connectivity index (χ1n) is 9.05. The molecule has 6 heteroatoms. The topological polar surface area (TPSA) is 54.3 Å². The molecule has 2 aromatic rings. The number of rotatable bonds is 4. The van der Waals surface area contributed by atoms with Crippen LogP contribution in [0.1, 0.15) is 47.1 Å². The van der Waals surface area contributed by atoms with Crippen molar-refractivity contribution in [2.75, 3.05) is 27.2 Å². The zero-order valence-corrected chi connectivity index (χ0v) is 14.9. The Morgan fingerprint density at radius 2 is 2.08 bits per heavy atom. The Kier molecular flexibility index (Phi) is 4.29. The predicted octanol–water partition coefficient (Wildman–Crippen LogP) is 2.17. The largest absolute Gasteiger partial charge is 0.335 e. The normalized spacial score (nSPS) is 23.9. The lowest BCUT2D eigenvalue weighted by atomic mass is 9.79. The van der Waals surface area contributed by atoms with E-state index in [9.17, 15) is 4.79 Å². The lowest BCUT2D eigenvalue weighted by Crippen LogP contribution is -2.37. The van der Waals surface area contributed by atoms with Crippen molar-refractivity contribution >= 4 is 5.91 Å². The van der Waals surface area contributed by atoms with Crippen molar-refractivity contribution < 1.29 is 4.79 Å². The van der Waals surface area contributed by atoms with Gasteiger partial charge in [-0.05, 0) is 50.6 Å². The molecule has 6 nitrogen and oxygen atoms in total. The van der Waals surface area contributed by atoms with E-state index in [0.29, 0.717) is 19.0 Å². The van der Waals surface area contributed by atoms with Crippen molar-refractivity contribution in [1.29, 1.82) is 0 Å². The molecule has 1 saturated carbocycles. The fraction of sp³-hybridized carbons (Fsp3) is 0.526. The van der Waals surface area contributed by atoms with Gasteiger partial charge in [-0.15, -0.1) is 5.10 Å². The first kappa shape index (κ1) is 16.3. The van der Waals surface area contributed by atoms with E-state index in [1.807, 2.05) is 27.9 Å². The van der Waals surface area contributed by atoms with Crippen LogP contribution in [0.4, 0.5) is 0 Å². The SMILES string of the molecule is CN(C)[C@@H]1CN(C(=O)c2cccc(C3CCC3)c2)C[C@@H]1n1ccnn1. The van der Waals surface area contributed by atoms with Crippen LogP contribution in [0.15, 0.2) is 36.7 Å². The highest BCUT2D eigenvalue weighted by Crippen LogP contribution is 2.36. The van der Waals surface area contributed by atoms with Gasteiger partial charge in [0.05, 0.1) is 18.3 Å². The highest BCUT2D eigenvalue weighted by atomic mass is 16.2. The lowest BCUT2D eigenvalue weighted by Gasteiger charge is -2.26. The van der Waals surface area contributed by atoms with Crippen molar-refractivity contribution in [1.82, 2.24) is 24.8 Å². The monoisotopic (exact) mass is 339 g/mol. The molecule has 0 unspecified atom stereocenters. The number of likely N-dealkylation sites (N-methyl/N-ethyl adjacent to an activating group) is 1. The molecule has 0 radical (unpaired) electrons. The average molecular weight is 339 g/mol. The van der Waals surface area contributed by atoms with Crippen molar-refractivity contribution in [3.63, 3.8) is 0 Å². The van der Waals surface area contributed by atoms with Crippen molar-refractivity contribution in [2.45, 2.75) is 37.3 Å². The summed E-state index contributed by atoms with van der Waals surface area (Å²) in [5.41, 5.74) is 2.12. The summed E-state index contributed by atoms with van der Waals surface area (Å²) in [6.07, 6.45) is 7.38. The molecular weight excluding hydrogens is 314 g/mol. The maximum atomic E-state index is 13.1. The summed E-state index contributed by atoms with van der Waals surface area (Å²) in [5.74, 6) is 0.763. The van der Waals surface area contributed by atoms with Crippen LogP contribution in [0.25, 0.3) is 0 Å². The third-order valence-corrected chi connectivity index (χ3v) is 5.70. The maximum Gasteiger partial charge on any atom is 0.253 e. The minimum atomic E-state index is 0.121. The van der Waals surface area contributed by atoms with E-state index in [-0.39, 0.29) is 18.0 Å². The number of carbonyl (C=O) groups is 1. The third-order valence-electron chi connectivity index (χ3n) is 5.70. The van der Waals surface area contributed by atoms with E-state index < -0.39 is 0 Å². The summed E-state index contributed by atoms with van der Waals surface area (Å²) in [4.78, 5) is 17.2. The first-order valence-corrected chi connectivity index (χ1v) is 9.05. The Morgan fingerprint density at radius 1 is 1.24 bits per heavy atom. The van der Waals surface area contributed by atoms with Gasteiger partial charge in [-0.25, -0.2) is 4.68 Å². The van der Waals surface area contributed by atoms with Crippen LogP contribution in [-0.4, -0.2) is 63.9 Å². The molecule has 2 fully saturated rings. The van der Waals surface area contributed by atoms with E-state index in [0.717, 1.165) is 5.56 Å². The number of hydrogen-bond donors (Lipinski definition) is 0. The van der Waals surface area contributed by atoms with E-state index >= 15 is 0 Å². The van der Waals surface area contributed by atoms with Gasteiger partial charge in [0.15, 0.2) is 0 Å². The van der Waals surface area contributed by atoms with Crippen LogP contribution in [0.3, 0.4) is 0 Å². The van der Waals surface area contributed by atoms with Crippen LogP contribution in [0.2, 0.25) is 0 Å². The molecule has 4 rings (SSSR count). The van der Waals surface area contributed by atoms with Gasteiger partial charge in [-0.1, -0.05) is 23.8 Å². The minimum absolute atomic E-state index is 0.121. The van der Waals surface area contributed by atoms with E-state index in [2.05, 4.69) is 41.4 Å². The number of nitrogens with zero attached hydrogens (tertiary/aromatic N) is 5. The molecule has 1 aliphatic heterocycles. The van der Waals surface area contributed by atoms with Crippen molar-refractivity contribution in [3.05, 3.63) is 47.8 Å². The third kappa shape index (κ3) is 3.06. The number of hydrogen-bond acceptors (Lipinski definition) is 4. The van der Waals surface area contributed by atoms with E-state index in [1.165, 1.54) is 24.8 Å². The zero-order chi connectivity index (χ0) is 17.4. The summed E-state index contributed by atoms with van der Waals surface area (Å²) in [5, 5.41) is 8.08. The highest BCUT2D eigenvalue weighted by Gasteiger charge is 2.38. The number of aromatic nitrogens is 3. The molecule has 1 aromatic heterocycles. The first-order chi connectivity index (χ1) is 12.1. The fourth-order valence-electron chi connectivity index (χ4n) is 3.95. The fourth-order valence-corrected chi connectivity index (χ4v) is 3.95. The summed E-state index contributed by atoms with van der Waals surface area (Å²) in [7, 11) is 4.11. The molecule has 1 saturated heterocycles. The number of amides is 1. The molecule has 2 aliphatic rings. The number of likely N-dealkylation sites (tertiary alicyclic amines) is 1. The molecule has 1 aromatic carbocycles. The lowest BCUT2D eigenvalue weighted by molar-refractivity contribution is 0.0781. The molecule has 132 valence electrons. The Bertz CT molecular complexity index is 738. The predicted molar refractivity (Wildman–Crippen MR) is 95.5 cm³/mol. The molecule has 2 heterocycles. The standard InChI is InChI=1S/C19H25N5O/c1-22(2)17-12-23(13-18(17)24-10-9-20-21-24)19(25)16-8-4-7-15(11-16)14-5-3-6-14/h4,7-11,14,17-18H,3,5-6,12-13H2,1-2H3/t17-,18+/m1/s1. The Balaban J connectivity index is 1.54. The molecule has 1 amide bonds. The van der Waals surface area contributed by atoms with Gasteiger partial charge in [-0.2, -0.15) is 0 Å². The van der Waals surface area contributed by atoms with Crippen LogP contribution in [0.5, 0.6) is 0 Å². The van der Waals surface area contributed by atoms with Gasteiger partial charge in [0.1, 0.15) is 0 Å². The number of carbonyl (C=O) groups excluding carboxylic acids is 1. The second-order valence-corrected chi connectivity index (χ2v) is 7.44. The number of benzene rings is 1. The highest BCUT2D eigenvalue weighted by molar-refractivity contribution is 5.94. The van der Waals surface area contributed by atoms with Gasteiger partial charge in [0, 0.05) is 24.8 Å². The van der Waals surface area contributed by atoms with Gasteiger partial charge >= 0.3 is 0 Å². The van der Waals surface area contributed by atoms with Gasteiger partial charge in [0.2, 0.25) is 0 Å². The second-order valence-electron chi connectivity index (χ2n) is 7.44. The molecule has 0 N–H and O–H groups in total. The van der Waals surface area contributed by atoms with Crippen LogP contribution < -0.4 is 0 Å². The average Bonchev–Trinajstić information content (AvgIpc) is 3.22. The van der Waals surface area contributed by atoms with Crippen LogP contribution in [-0.2, 0) is 0 Å². The molecule has 2 atom stereocenters. The summed E-state index contributed by atoms with van der Waals surface area (Å²) in [6, 6.07) is 8.59. The van der Waals surface area contributed by atoms with Crippen molar-refractivity contribution in [2.24, 2.45) is 0 Å². The summed E-state index contributed by atoms with van der Waals surface area (Å²) >= 11 is 0. The molecule has 0 spiro atoms. The van der Waals surface area contributed by atoms with E-state index in [4.69, 9.17) is 0 Å². The van der Waals surface area contributed by atoms with Crippen LogP contribution in [0, 0.1) is 0 Å². The maximum absolute atomic E-state index is 13.1. The summed E-state index contributed by atoms with van der Waals surface area (Å²) in [6.45, 7) is 1.38. The Labute approximate surface area is 148 Å². The second kappa shape index (κ2) is 6.59. The summed E-state index contributed by atoms with van der Waals surface area (Å²) < 4.78 is 1.88. The van der Waals surface area contributed by atoms with Crippen LogP contribution >= 0.6 is 0 Å². The molecule has 1 aliphatic carbocycles. The smallest absolute Gasteiger partial charge is 0.253 e.